The molecule has 1 N–H and O–H groups in total. The SMILES string of the molecule is Cc1noc(C)c1C(=O)O[C@@H](C)C(=O)Nc1ccc(N2CCOCC2)cc1. The predicted octanol–water partition coefficient (Wildman–Crippen LogP) is 2.31. The number of aromatic nitrogens is 1. The minimum Gasteiger partial charge on any atom is -0.449 e. The fraction of sp³-hybridized carbons (Fsp3) is 0.421. The van der Waals surface area contributed by atoms with E-state index in [1.807, 2.05) is 24.3 Å². The Balaban J connectivity index is 1.57. The van der Waals surface area contributed by atoms with Crippen molar-refractivity contribution in [3.8, 4) is 0 Å². The summed E-state index contributed by atoms with van der Waals surface area (Å²) in [5, 5.41) is 6.47. The molecule has 3 rings (SSSR count). The second kappa shape index (κ2) is 8.22. The third kappa shape index (κ3) is 4.46. The largest absolute Gasteiger partial charge is 0.449 e. The quantitative estimate of drug-likeness (QED) is 0.804. The zero-order chi connectivity index (χ0) is 19.4. The molecule has 2 aromatic rings. The van der Waals surface area contributed by atoms with E-state index < -0.39 is 18.0 Å². The molecule has 0 spiro atoms. The van der Waals surface area contributed by atoms with E-state index in [-0.39, 0.29) is 5.56 Å². The van der Waals surface area contributed by atoms with E-state index >= 15 is 0 Å². The van der Waals surface area contributed by atoms with Crippen LogP contribution < -0.4 is 10.2 Å². The molecule has 8 heteroatoms. The molecule has 8 nitrogen and oxygen atoms in total. The van der Waals surface area contributed by atoms with Crippen molar-refractivity contribution < 1.29 is 23.6 Å². The molecule has 2 heterocycles. The van der Waals surface area contributed by atoms with E-state index in [2.05, 4.69) is 15.4 Å². The van der Waals surface area contributed by atoms with Gasteiger partial charge in [-0.15, -0.1) is 0 Å². The van der Waals surface area contributed by atoms with Gasteiger partial charge in [0.05, 0.1) is 18.9 Å². The van der Waals surface area contributed by atoms with E-state index in [1.165, 1.54) is 6.92 Å². The minimum absolute atomic E-state index is 0.254. The first-order valence-electron chi connectivity index (χ1n) is 8.83. The minimum atomic E-state index is -0.954. The zero-order valence-corrected chi connectivity index (χ0v) is 15.7. The Morgan fingerprint density at radius 1 is 1.19 bits per heavy atom. The van der Waals surface area contributed by atoms with Crippen LogP contribution in [0.25, 0.3) is 0 Å². The van der Waals surface area contributed by atoms with Crippen LogP contribution in [0.15, 0.2) is 28.8 Å². The van der Waals surface area contributed by atoms with Gasteiger partial charge < -0.3 is 24.2 Å². The molecule has 1 aliphatic rings. The van der Waals surface area contributed by atoms with Crippen LogP contribution in [0.5, 0.6) is 0 Å². The lowest BCUT2D eigenvalue weighted by molar-refractivity contribution is -0.123. The van der Waals surface area contributed by atoms with Crippen molar-refractivity contribution in [2.24, 2.45) is 0 Å². The summed E-state index contributed by atoms with van der Waals surface area (Å²) in [4.78, 5) is 26.8. The Morgan fingerprint density at radius 3 is 2.44 bits per heavy atom. The maximum absolute atomic E-state index is 12.3. The van der Waals surface area contributed by atoms with Crippen molar-refractivity contribution in [3.05, 3.63) is 41.3 Å². The molecule has 0 saturated carbocycles. The lowest BCUT2D eigenvalue weighted by Gasteiger charge is -2.28. The van der Waals surface area contributed by atoms with Gasteiger partial charge in [-0.05, 0) is 45.0 Å². The number of amides is 1. The Labute approximate surface area is 157 Å². The van der Waals surface area contributed by atoms with Crippen molar-refractivity contribution in [1.82, 2.24) is 5.16 Å². The number of carbonyl (C=O) groups excluding carboxylic acids is 2. The van der Waals surface area contributed by atoms with E-state index in [4.69, 9.17) is 14.0 Å². The first kappa shape index (κ1) is 18.9. The molecule has 1 aromatic heterocycles. The fourth-order valence-corrected chi connectivity index (χ4v) is 2.87. The van der Waals surface area contributed by atoms with Crippen molar-refractivity contribution >= 4 is 23.3 Å². The van der Waals surface area contributed by atoms with Gasteiger partial charge in [-0.3, -0.25) is 4.79 Å². The summed E-state index contributed by atoms with van der Waals surface area (Å²) in [6.45, 7) is 7.92. The molecule has 0 bridgehead atoms. The Bertz CT molecular complexity index is 790. The normalized spacial score (nSPS) is 15.3. The molecule has 1 saturated heterocycles. The van der Waals surface area contributed by atoms with Crippen molar-refractivity contribution in [2.75, 3.05) is 36.5 Å². The molecule has 0 unspecified atom stereocenters. The van der Waals surface area contributed by atoms with Gasteiger partial charge in [-0.25, -0.2) is 4.79 Å². The number of nitrogens with one attached hydrogen (secondary N) is 1. The van der Waals surface area contributed by atoms with Crippen LogP contribution in [0.2, 0.25) is 0 Å². The average molecular weight is 373 g/mol. The van der Waals surface area contributed by atoms with Gasteiger partial charge in [0.15, 0.2) is 6.10 Å². The Hall–Kier alpha value is -2.87. The van der Waals surface area contributed by atoms with Gasteiger partial charge >= 0.3 is 5.97 Å². The van der Waals surface area contributed by atoms with Crippen LogP contribution >= 0.6 is 0 Å². The molecule has 1 atom stereocenters. The molecule has 144 valence electrons. The van der Waals surface area contributed by atoms with E-state index in [0.717, 1.165) is 18.8 Å². The number of rotatable bonds is 5. The smallest absolute Gasteiger partial charge is 0.344 e. The monoisotopic (exact) mass is 373 g/mol. The standard InChI is InChI=1S/C19H23N3O5/c1-12-17(13(2)27-21-12)19(24)26-14(3)18(23)20-15-4-6-16(7-5-15)22-8-10-25-11-9-22/h4-7,14H,8-11H2,1-3H3,(H,20,23)/t14-/m0/s1. The molecule has 1 aliphatic heterocycles. The Morgan fingerprint density at radius 2 is 1.85 bits per heavy atom. The summed E-state index contributed by atoms with van der Waals surface area (Å²) in [5.74, 6) is -0.672. The maximum Gasteiger partial charge on any atom is 0.344 e. The van der Waals surface area contributed by atoms with Crippen LogP contribution in [0.3, 0.4) is 0 Å². The highest BCUT2D eigenvalue weighted by molar-refractivity contribution is 5.98. The first-order valence-corrected chi connectivity index (χ1v) is 8.83. The summed E-state index contributed by atoms with van der Waals surface area (Å²) in [5.41, 5.74) is 2.40. The number of benzene rings is 1. The number of aryl methyl sites for hydroxylation is 2. The average Bonchev–Trinajstić information content (AvgIpc) is 3.01. The van der Waals surface area contributed by atoms with Gasteiger partial charge in [0, 0.05) is 24.5 Å². The summed E-state index contributed by atoms with van der Waals surface area (Å²) < 4.78 is 15.5. The first-order chi connectivity index (χ1) is 13.0. The van der Waals surface area contributed by atoms with Gasteiger partial charge in [0.25, 0.3) is 5.91 Å². The number of carbonyl (C=O) groups is 2. The summed E-state index contributed by atoms with van der Waals surface area (Å²) >= 11 is 0. The lowest BCUT2D eigenvalue weighted by atomic mass is 10.2. The van der Waals surface area contributed by atoms with E-state index in [9.17, 15) is 9.59 Å². The van der Waals surface area contributed by atoms with Gasteiger partial charge in [-0.1, -0.05) is 5.16 Å². The number of hydrogen-bond donors (Lipinski definition) is 1. The molecule has 1 fully saturated rings. The Kier molecular flexibility index (Phi) is 5.75. The van der Waals surface area contributed by atoms with Crippen LogP contribution in [0.4, 0.5) is 11.4 Å². The third-order valence-corrected chi connectivity index (χ3v) is 4.40. The molecule has 27 heavy (non-hydrogen) atoms. The van der Waals surface area contributed by atoms with Gasteiger partial charge in [-0.2, -0.15) is 0 Å². The summed E-state index contributed by atoms with van der Waals surface area (Å²) in [6.07, 6.45) is -0.954. The number of hydrogen-bond acceptors (Lipinski definition) is 7. The third-order valence-electron chi connectivity index (χ3n) is 4.40. The molecule has 1 amide bonds. The van der Waals surface area contributed by atoms with Crippen molar-refractivity contribution in [2.45, 2.75) is 26.9 Å². The van der Waals surface area contributed by atoms with E-state index in [1.54, 1.807) is 13.8 Å². The molecular weight excluding hydrogens is 350 g/mol. The number of morpholine rings is 1. The highest BCUT2D eigenvalue weighted by Crippen LogP contribution is 2.20. The molecular formula is C19H23N3O5. The lowest BCUT2D eigenvalue weighted by Crippen LogP contribution is -2.36. The summed E-state index contributed by atoms with van der Waals surface area (Å²) in [7, 11) is 0. The highest BCUT2D eigenvalue weighted by Gasteiger charge is 2.24. The number of esters is 1. The number of anilines is 2. The van der Waals surface area contributed by atoms with Crippen LogP contribution in [-0.2, 0) is 14.3 Å². The van der Waals surface area contributed by atoms with Crippen LogP contribution in [0, 0.1) is 13.8 Å². The number of ether oxygens (including phenoxy) is 2. The van der Waals surface area contributed by atoms with Gasteiger partial charge in [0.2, 0.25) is 0 Å². The predicted molar refractivity (Wildman–Crippen MR) is 99.0 cm³/mol. The van der Waals surface area contributed by atoms with E-state index in [0.29, 0.717) is 30.4 Å². The number of nitrogens with zero attached hydrogens (tertiary/aromatic N) is 2. The van der Waals surface area contributed by atoms with Crippen LogP contribution in [0.1, 0.15) is 28.7 Å². The second-order valence-electron chi connectivity index (χ2n) is 6.38. The van der Waals surface area contributed by atoms with Gasteiger partial charge in [0.1, 0.15) is 11.3 Å². The van der Waals surface area contributed by atoms with Crippen molar-refractivity contribution in [1.29, 1.82) is 0 Å². The zero-order valence-electron chi connectivity index (χ0n) is 15.7. The maximum atomic E-state index is 12.3. The fourth-order valence-electron chi connectivity index (χ4n) is 2.87. The molecule has 1 aromatic carbocycles. The molecule has 0 aliphatic carbocycles. The highest BCUT2D eigenvalue weighted by atomic mass is 16.5. The summed E-state index contributed by atoms with van der Waals surface area (Å²) in [6, 6.07) is 7.54. The second-order valence-corrected chi connectivity index (χ2v) is 6.38. The topological polar surface area (TPSA) is 93.9 Å². The van der Waals surface area contributed by atoms with Crippen LogP contribution in [-0.4, -0.2) is 49.4 Å². The molecule has 0 radical (unpaired) electrons. The van der Waals surface area contributed by atoms with Crippen molar-refractivity contribution in [3.63, 3.8) is 0 Å².